The Morgan fingerprint density at radius 2 is 2.00 bits per heavy atom. The van der Waals surface area contributed by atoms with Crippen molar-refractivity contribution >= 4 is 5.84 Å². The Balaban J connectivity index is 2.02. The van der Waals surface area contributed by atoms with Gasteiger partial charge in [-0.1, -0.05) is 31.2 Å². The number of amidine groups is 1. The number of nitrogens with two attached hydrogens (primary N) is 1. The van der Waals surface area contributed by atoms with Crippen molar-refractivity contribution in [1.82, 2.24) is 4.90 Å². The number of nitrogens with one attached hydrogen (secondary N) is 1. The molecule has 1 saturated heterocycles. The first-order chi connectivity index (χ1) is 8.58. The summed E-state index contributed by atoms with van der Waals surface area (Å²) in [5, 5.41) is 7.38. The molecule has 3 N–H and O–H groups in total. The maximum atomic E-state index is 7.38. The Kier molecular flexibility index (Phi) is 4.02. The zero-order valence-electron chi connectivity index (χ0n) is 11.3. The monoisotopic (exact) mass is 245 g/mol. The van der Waals surface area contributed by atoms with Gasteiger partial charge in [-0.05, 0) is 37.8 Å². The highest BCUT2D eigenvalue weighted by atomic mass is 15.2. The molecule has 3 nitrogen and oxygen atoms in total. The van der Waals surface area contributed by atoms with Gasteiger partial charge < -0.3 is 5.73 Å². The van der Waals surface area contributed by atoms with Gasteiger partial charge in [0.15, 0.2) is 0 Å². The minimum atomic E-state index is 0.140. The quantitative estimate of drug-likeness (QED) is 0.635. The molecule has 1 heterocycles. The summed E-state index contributed by atoms with van der Waals surface area (Å²) in [7, 11) is 0. The molecule has 0 saturated carbocycles. The number of hydrogen-bond acceptors (Lipinski definition) is 2. The summed E-state index contributed by atoms with van der Waals surface area (Å²) < 4.78 is 0. The van der Waals surface area contributed by atoms with Crippen LogP contribution in [0.5, 0.6) is 0 Å². The molecule has 1 aliphatic heterocycles. The van der Waals surface area contributed by atoms with Crippen LogP contribution in [-0.4, -0.2) is 23.3 Å². The zero-order valence-corrected chi connectivity index (χ0v) is 11.3. The van der Waals surface area contributed by atoms with Gasteiger partial charge in [0.1, 0.15) is 5.84 Å². The molecule has 1 fully saturated rings. The molecule has 3 heteroatoms. The summed E-state index contributed by atoms with van der Waals surface area (Å²) in [6.45, 7) is 6.87. The summed E-state index contributed by atoms with van der Waals surface area (Å²) in [5.74, 6) is 0.928. The number of hydrogen-bond donors (Lipinski definition) is 2. The molecular weight excluding hydrogens is 222 g/mol. The number of rotatable bonds is 3. The van der Waals surface area contributed by atoms with Gasteiger partial charge in [0.2, 0.25) is 0 Å². The standard InChI is InChI=1S/C15H23N3/c1-11-4-3-9-18(12(11)2)10-13-5-7-14(8-6-13)15(16)17/h5-8,11-12H,3-4,9-10H2,1-2H3,(H3,16,17). The van der Waals surface area contributed by atoms with Gasteiger partial charge in [-0.25, -0.2) is 0 Å². The van der Waals surface area contributed by atoms with Crippen molar-refractivity contribution in [3.8, 4) is 0 Å². The maximum Gasteiger partial charge on any atom is 0.122 e. The first-order valence-electron chi connectivity index (χ1n) is 6.75. The van der Waals surface area contributed by atoms with Crippen molar-refractivity contribution in [3.05, 3.63) is 35.4 Å². The van der Waals surface area contributed by atoms with Crippen molar-refractivity contribution in [1.29, 1.82) is 5.41 Å². The molecule has 0 spiro atoms. The van der Waals surface area contributed by atoms with E-state index in [1.807, 2.05) is 12.1 Å². The second kappa shape index (κ2) is 5.53. The third-order valence-corrected chi connectivity index (χ3v) is 4.15. The van der Waals surface area contributed by atoms with Crippen LogP contribution < -0.4 is 5.73 Å². The van der Waals surface area contributed by atoms with Crippen LogP contribution in [0.2, 0.25) is 0 Å². The minimum Gasteiger partial charge on any atom is -0.384 e. The number of likely N-dealkylation sites (tertiary alicyclic amines) is 1. The van der Waals surface area contributed by atoms with Crippen LogP contribution in [-0.2, 0) is 6.54 Å². The SMILES string of the molecule is CC1CCCN(Cc2ccc(C(=N)N)cc2)C1C. The van der Waals surface area contributed by atoms with Crippen molar-refractivity contribution in [2.45, 2.75) is 39.3 Å². The normalized spacial score (nSPS) is 25.0. The highest BCUT2D eigenvalue weighted by Crippen LogP contribution is 2.24. The van der Waals surface area contributed by atoms with E-state index in [9.17, 15) is 0 Å². The number of nitrogen functional groups attached to an aromatic ring is 1. The van der Waals surface area contributed by atoms with Gasteiger partial charge in [0.25, 0.3) is 0 Å². The highest BCUT2D eigenvalue weighted by molar-refractivity contribution is 5.94. The van der Waals surface area contributed by atoms with E-state index in [0.29, 0.717) is 6.04 Å². The molecule has 0 bridgehead atoms. The summed E-state index contributed by atoms with van der Waals surface area (Å²) >= 11 is 0. The topological polar surface area (TPSA) is 53.1 Å². The van der Waals surface area contributed by atoms with Crippen molar-refractivity contribution in [2.75, 3.05) is 6.54 Å². The molecule has 0 aliphatic carbocycles. The van der Waals surface area contributed by atoms with Gasteiger partial charge in [-0.3, -0.25) is 10.3 Å². The van der Waals surface area contributed by atoms with E-state index in [1.54, 1.807) is 0 Å². The average molecular weight is 245 g/mol. The molecule has 18 heavy (non-hydrogen) atoms. The van der Waals surface area contributed by atoms with Crippen LogP contribution in [0, 0.1) is 11.3 Å². The lowest BCUT2D eigenvalue weighted by Crippen LogP contribution is -2.41. The lowest BCUT2D eigenvalue weighted by atomic mass is 9.91. The maximum absolute atomic E-state index is 7.38. The predicted octanol–water partition coefficient (Wildman–Crippen LogP) is 2.59. The first-order valence-corrected chi connectivity index (χ1v) is 6.75. The van der Waals surface area contributed by atoms with E-state index >= 15 is 0 Å². The van der Waals surface area contributed by atoms with Crippen LogP contribution in [0.15, 0.2) is 24.3 Å². The third kappa shape index (κ3) is 2.91. The van der Waals surface area contributed by atoms with Crippen molar-refractivity contribution < 1.29 is 0 Å². The van der Waals surface area contributed by atoms with E-state index in [4.69, 9.17) is 11.1 Å². The highest BCUT2D eigenvalue weighted by Gasteiger charge is 2.24. The zero-order chi connectivity index (χ0) is 13.1. The molecule has 1 aromatic rings. The summed E-state index contributed by atoms with van der Waals surface area (Å²) in [5.41, 5.74) is 7.57. The second-order valence-corrected chi connectivity index (χ2v) is 5.44. The molecule has 0 aromatic heterocycles. The fourth-order valence-corrected chi connectivity index (χ4v) is 2.67. The molecule has 0 amide bonds. The fourth-order valence-electron chi connectivity index (χ4n) is 2.67. The van der Waals surface area contributed by atoms with Crippen LogP contribution in [0.1, 0.15) is 37.8 Å². The number of piperidine rings is 1. The molecule has 0 radical (unpaired) electrons. The molecular formula is C15H23N3. The Hall–Kier alpha value is -1.35. The van der Waals surface area contributed by atoms with E-state index < -0.39 is 0 Å². The predicted molar refractivity (Wildman–Crippen MR) is 75.7 cm³/mol. The summed E-state index contributed by atoms with van der Waals surface area (Å²) in [6.07, 6.45) is 2.65. The van der Waals surface area contributed by atoms with Crippen molar-refractivity contribution in [3.63, 3.8) is 0 Å². The summed E-state index contributed by atoms with van der Waals surface area (Å²) in [6, 6.07) is 8.71. The van der Waals surface area contributed by atoms with E-state index in [1.165, 1.54) is 24.9 Å². The van der Waals surface area contributed by atoms with Gasteiger partial charge in [0, 0.05) is 18.2 Å². The van der Waals surface area contributed by atoms with Gasteiger partial charge >= 0.3 is 0 Å². The fraction of sp³-hybridized carbons (Fsp3) is 0.533. The third-order valence-electron chi connectivity index (χ3n) is 4.15. The van der Waals surface area contributed by atoms with Gasteiger partial charge in [-0.15, -0.1) is 0 Å². The largest absolute Gasteiger partial charge is 0.384 e. The van der Waals surface area contributed by atoms with Crippen LogP contribution in [0.4, 0.5) is 0 Å². The molecule has 2 unspecified atom stereocenters. The number of nitrogens with zero attached hydrogens (tertiary/aromatic N) is 1. The second-order valence-electron chi connectivity index (χ2n) is 5.44. The van der Waals surface area contributed by atoms with Gasteiger partial charge in [-0.2, -0.15) is 0 Å². The Bertz CT molecular complexity index is 410. The van der Waals surface area contributed by atoms with Gasteiger partial charge in [0.05, 0.1) is 0 Å². The Labute approximate surface area is 109 Å². The Morgan fingerprint density at radius 1 is 1.33 bits per heavy atom. The first kappa shape index (κ1) is 13.1. The number of benzene rings is 1. The molecule has 1 aromatic carbocycles. The Morgan fingerprint density at radius 3 is 2.61 bits per heavy atom. The van der Waals surface area contributed by atoms with E-state index in [0.717, 1.165) is 18.0 Å². The van der Waals surface area contributed by atoms with E-state index in [2.05, 4.69) is 30.9 Å². The van der Waals surface area contributed by atoms with Crippen LogP contribution in [0.25, 0.3) is 0 Å². The smallest absolute Gasteiger partial charge is 0.122 e. The molecule has 98 valence electrons. The molecule has 2 atom stereocenters. The van der Waals surface area contributed by atoms with Crippen molar-refractivity contribution in [2.24, 2.45) is 11.7 Å². The van der Waals surface area contributed by atoms with E-state index in [-0.39, 0.29) is 5.84 Å². The van der Waals surface area contributed by atoms with Crippen LogP contribution >= 0.6 is 0 Å². The minimum absolute atomic E-state index is 0.140. The van der Waals surface area contributed by atoms with Crippen LogP contribution in [0.3, 0.4) is 0 Å². The lowest BCUT2D eigenvalue weighted by Gasteiger charge is -2.38. The lowest BCUT2D eigenvalue weighted by molar-refractivity contribution is 0.106. The molecule has 1 aliphatic rings. The summed E-state index contributed by atoms with van der Waals surface area (Å²) in [4.78, 5) is 2.55. The average Bonchev–Trinajstić information content (AvgIpc) is 2.36. The molecule has 2 rings (SSSR count).